The van der Waals surface area contributed by atoms with Crippen LogP contribution in [0.25, 0.3) is 0 Å². The first-order chi connectivity index (χ1) is 10.8. The fraction of sp³-hybridized carbons (Fsp3) is 0.611. The lowest BCUT2D eigenvalue weighted by atomic mass is 10.0. The van der Waals surface area contributed by atoms with Gasteiger partial charge < -0.3 is 14.8 Å². The van der Waals surface area contributed by atoms with Crippen LogP contribution in [0.15, 0.2) is 24.3 Å². The molecule has 5 nitrogen and oxygen atoms in total. The van der Waals surface area contributed by atoms with Crippen molar-refractivity contribution in [3.63, 3.8) is 0 Å². The van der Waals surface area contributed by atoms with Gasteiger partial charge in [0.1, 0.15) is 11.4 Å². The number of nitrogens with one attached hydrogen (secondary N) is 1. The Labute approximate surface area is 139 Å². The van der Waals surface area contributed by atoms with Crippen LogP contribution < -0.4 is 10.1 Å². The van der Waals surface area contributed by atoms with Gasteiger partial charge in [0.05, 0.1) is 12.1 Å². The third-order valence-electron chi connectivity index (χ3n) is 3.51. The van der Waals surface area contributed by atoms with Crippen molar-refractivity contribution < 1.29 is 14.3 Å². The van der Waals surface area contributed by atoms with E-state index in [2.05, 4.69) is 5.32 Å². The first-order valence-electron chi connectivity index (χ1n) is 8.24. The topological polar surface area (TPSA) is 50.8 Å². The van der Waals surface area contributed by atoms with Crippen molar-refractivity contribution in [1.82, 2.24) is 10.2 Å². The monoisotopic (exact) mass is 320 g/mol. The van der Waals surface area contributed by atoms with Gasteiger partial charge in [-0.2, -0.15) is 0 Å². The molecule has 0 bridgehead atoms. The highest BCUT2D eigenvalue weighted by atomic mass is 16.6. The predicted molar refractivity (Wildman–Crippen MR) is 90.8 cm³/mol. The summed E-state index contributed by atoms with van der Waals surface area (Å²) in [6.45, 7) is 11.7. The number of rotatable bonds is 3. The molecule has 1 atom stereocenters. The summed E-state index contributed by atoms with van der Waals surface area (Å²) in [6, 6.07) is 7.82. The maximum Gasteiger partial charge on any atom is 0.410 e. The summed E-state index contributed by atoms with van der Waals surface area (Å²) in [4.78, 5) is 14.4. The van der Waals surface area contributed by atoms with Crippen LogP contribution in [0.4, 0.5) is 4.79 Å². The molecule has 1 N–H and O–H groups in total. The molecule has 0 aromatic heterocycles. The van der Waals surface area contributed by atoms with E-state index in [4.69, 9.17) is 9.47 Å². The molecule has 5 heteroatoms. The Hall–Kier alpha value is -1.75. The molecule has 23 heavy (non-hydrogen) atoms. The number of benzene rings is 1. The van der Waals surface area contributed by atoms with Gasteiger partial charge >= 0.3 is 6.09 Å². The second kappa shape index (κ2) is 7.21. The Bertz CT molecular complexity index is 537. The molecule has 0 aliphatic carbocycles. The van der Waals surface area contributed by atoms with Crippen LogP contribution in [0.1, 0.15) is 46.2 Å². The molecule has 1 aromatic carbocycles. The van der Waals surface area contributed by atoms with E-state index in [-0.39, 0.29) is 18.2 Å². The molecule has 1 aromatic rings. The normalized spacial score (nSPS) is 18.9. The predicted octanol–water partition coefficient (Wildman–Crippen LogP) is 3.36. The highest BCUT2D eigenvalue weighted by Gasteiger charge is 2.32. The lowest BCUT2D eigenvalue weighted by molar-refractivity contribution is 0.0114. The van der Waals surface area contributed by atoms with Gasteiger partial charge in [-0.05, 0) is 40.7 Å². The molecule has 1 amide bonds. The number of hydrogen-bond donors (Lipinski definition) is 1. The molecule has 2 rings (SSSR count). The van der Waals surface area contributed by atoms with Crippen molar-refractivity contribution in [2.24, 2.45) is 0 Å². The standard InChI is InChI=1S/C18H28N2O3/c1-13(2)22-16-9-7-6-8-14(16)15-12-19-10-11-20(15)17(21)23-18(3,4)5/h6-9,13,15,19H,10-12H2,1-5H3. The maximum atomic E-state index is 12.6. The molecule has 1 aliphatic heterocycles. The van der Waals surface area contributed by atoms with Gasteiger partial charge in [-0.3, -0.25) is 4.90 Å². The molecular weight excluding hydrogens is 292 g/mol. The van der Waals surface area contributed by atoms with Crippen LogP contribution in [0, 0.1) is 0 Å². The molecule has 1 saturated heterocycles. The molecule has 0 radical (unpaired) electrons. The third kappa shape index (κ3) is 4.86. The van der Waals surface area contributed by atoms with Crippen molar-refractivity contribution in [3.05, 3.63) is 29.8 Å². The minimum Gasteiger partial charge on any atom is -0.491 e. The summed E-state index contributed by atoms with van der Waals surface area (Å²) in [6.07, 6.45) is -0.189. The molecule has 0 saturated carbocycles. The van der Waals surface area contributed by atoms with Crippen LogP contribution in [0.3, 0.4) is 0 Å². The molecule has 1 unspecified atom stereocenters. The Morgan fingerprint density at radius 2 is 2.00 bits per heavy atom. The molecule has 1 aliphatic rings. The first-order valence-corrected chi connectivity index (χ1v) is 8.24. The molecule has 1 fully saturated rings. The van der Waals surface area contributed by atoms with E-state index < -0.39 is 5.60 Å². The lowest BCUT2D eigenvalue weighted by Gasteiger charge is -2.38. The number of carbonyl (C=O) groups excluding carboxylic acids is 1. The van der Waals surface area contributed by atoms with Gasteiger partial charge in [0.2, 0.25) is 0 Å². The van der Waals surface area contributed by atoms with E-state index in [0.717, 1.165) is 17.9 Å². The minimum atomic E-state index is -0.500. The number of amides is 1. The molecule has 128 valence electrons. The number of piperazine rings is 1. The van der Waals surface area contributed by atoms with Gasteiger partial charge in [-0.1, -0.05) is 18.2 Å². The third-order valence-corrected chi connectivity index (χ3v) is 3.51. The summed E-state index contributed by atoms with van der Waals surface area (Å²) in [7, 11) is 0. The van der Waals surface area contributed by atoms with Crippen molar-refractivity contribution in [2.75, 3.05) is 19.6 Å². The Kier molecular flexibility index (Phi) is 5.52. The van der Waals surface area contributed by atoms with Gasteiger partial charge in [-0.15, -0.1) is 0 Å². The van der Waals surface area contributed by atoms with Gasteiger partial charge in [0.25, 0.3) is 0 Å². The van der Waals surface area contributed by atoms with E-state index in [0.29, 0.717) is 13.1 Å². The van der Waals surface area contributed by atoms with Crippen LogP contribution >= 0.6 is 0 Å². The van der Waals surface area contributed by atoms with Crippen LogP contribution in [-0.2, 0) is 4.74 Å². The van der Waals surface area contributed by atoms with Crippen LogP contribution in [0.5, 0.6) is 5.75 Å². The van der Waals surface area contributed by atoms with Crippen molar-refractivity contribution in [1.29, 1.82) is 0 Å². The number of para-hydroxylation sites is 1. The van der Waals surface area contributed by atoms with Crippen molar-refractivity contribution in [2.45, 2.75) is 52.4 Å². The summed E-state index contributed by atoms with van der Waals surface area (Å²) < 4.78 is 11.5. The van der Waals surface area contributed by atoms with Crippen LogP contribution in [-0.4, -0.2) is 42.3 Å². The van der Waals surface area contributed by atoms with Gasteiger partial charge in [-0.25, -0.2) is 4.79 Å². The smallest absolute Gasteiger partial charge is 0.410 e. The molecule has 0 spiro atoms. The number of carbonyl (C=O) groups is 1. The Balaban J connectivity index is 2.26. The second-order valence-corrected chi connectivity index (χ2v) is 7.10. The van der Waals surface area contributed by atoms with Crippen molar-refractivity contribution in [3.8, 4) is 5.75 Å². The number of nitrogens with zero attached hydrogens (tertiary/aromatic N) is 1. The van der Waals surface area contributed by atoms with E-state index >= 15 is 0 Å². The zero-order valence-corrected chi connectivity index (χ0v) is 14.8. The zero-order valence-electron chi connectivity index (χ0n) is 14.8. The highest BCUT2D eigenvalue weighted by Crippen LogP contribution is 2.31. The first kappa shape index (κ1) is 17.6. The summed E-state index contributed by atoms with van der Waals surface area (Å²) in [5.74, 6) is 0.824. The minimum absolute atomic E-state index is 0.0858. The molecular formula is C18H28N2O3. The highest BCUT2D eigenvalue weighted by molar-refractivity contribution is 5.69. The summed E-state index contributed by atoms with van der Waals surface area (Å²) in [5, 5.41) is 3.36. The average Bonchev–Trinajstić information content (AvgIpc) is 2.45. The maximum absolute atomic E-state index is 12.6. The molecule has 1 heterocycles. The quantitative estimate of drug-likeness (QED) is 0.928. The van der Waals surface area contributed by atoms with E-state index in [1.807, 2.05) is 58.9 Å². The lowest BCUT2D eigenvalue weighted by Crippen LogP contribution is -2.50. The fourth-order valence-electron chi connectivity index (χ4n) is 2.64. The average molecular weight is 320 g/mol. The Morgan fingerprint density at radius 1 is 1.30 bits per heavy atom. The number of ether oxygens (including phenoxy) is 2. The van der Waals surface area contributed by atoms with E-state index in [9.17, 15) is 4.79 Å². The van der Waals surface area contributed by atoms with E-state index in [1.54, 1.807) is 4.90 Å². The SMILES string of the molecule is CC(C)Oc1ccccc1C1CNCCN1C(=O)OC(C)(C)C. The zero-order chi connectivity index (χ0) is 17.0. The number of hydrogen-bond acceptors (Lipinski definition) is 4. The largest absolute Gasteiger partial charge is 0.491 e. The van der Waals surface area contributed by atoms with Crippen LogP contribution in [0.2, 0.25) is 0 Å². The van der Waals surface area contributed by atoms with Crippen molar-refractivity contribution >= 4 is 6.09 Å². The second-order valence-electron chi connectivity index (χ2n) is 7.10. The summed E-state index contributed by atoms with van der Waals surface area (Å²) >= 11 is 0. The fourth-order valence-corrected chi connectivity index (χ4v) is 2.64. The van der Waals surface area contributed by atoms with Gasteiger partial charge in [0.15, 0.2) is 0 Å². The Morgan fingerprint density at radius 3 is 2.65 bits per heavy atom. The van der Waals surface area contributed by atoms with Gasteiger partial charge in [0, 0.05) is 25.2 Å². The summed E-state index contributed by atoms with van der Waals surface area (Å²) in [5.41, 5.74) is 0.514. The van der Waals surface area contributed by atoms with E-state index in [1.165, 1.54) is 0 Å².